The predicted molar refractivity (Wildman–Crippen MR) is 137 cm³/mol. The van der Waals surface area contributed by atoms with Crippen molar-refractivity contribution >= 4 is 33.8 Å². The van der Waals surface area contributed by atoms with Crippen LogP contribution in [0.3, 0.4) is 0 Å². The van der Waals surface area contributed by atoms with Crippen LogP contribution in [0.1, 0.15) is 13.3 Å². The average Bonchev–Trinajstić information content (AvgIpc) is 3.53. The van der Waals surface area contributed by atoms with Crippen molar-refractivity contribution in [1.82, 2.24) is 29.9 Å². The molecule has 0 aliphatic heterocycles. The molecule has 0 fully saturated rings. The Morgan fingerprint density at radius 1 is 0.972 bits per heavy atom. The highest BCUT2D eigenvalue weighted by molar-refractivity contribution is 5.98. The van der Waals surface area contributed by atoms with Crippen molar-refractivity contribution in [1.29, 1.82) is 0 Å². The molecule has 0 unspecified atom stereocenters. The summed E-state index contributed by atoms with van der Waals surface area (Å²) in [6.07, 6.45) is 9.05. The molecule has 0 aliphatic rings. The molecule has 1 aromatic carbocycles. The average molecular weight is 478 g/mol. The Hall–Kier alpha value is -4.92. The highest BCUT2D eigenvalue weighted by atomic mass is 19.1. The van der Waals surface area contributed by atoms with E-state index in [4.69, 9.17) is 4.98 Å². The Bertz CT molecular complexity index is 1740. The van der Waals surface area contributed by atoms with Crippen molar-refractivity contribution in [3.63, 3.8) is 0 Å². The highest BCUT2D eigenvalue weighted by Gasteiger charge is 2.16. The van der Waals surface area contributed by atoms with Crippen molar-refractivity contribution < 1.29 is 9.18 Å². The van der Waals surface area contributed by atoms with Crippen molar-refractivity contribution in [2.24, 2.45) is 0 Å². The van der Waals surface area contributed by atoms with Crippen LogP contribution in [-0.4, -0.2) is 35.8 Å². The molecule has 5 heterocycles. The Balaban J connectivity index is 1.42. The van der Waals surface area contributed by atoms with Gasteiger partial charge >= 0.3 is 0 Å². The lowest BCUT2D eigenvalue weighted by Crippen LogP contribution is -2.09. The zero-order valence-corrected chi connectivity index (χ0v) is 19.2. The van der Waals surface area contributed by atoms with Crippen LogP contribution >= 0.6 is 0 Å². The molecule has 1 amide bonds. The molecule has 6 rings (SSSR count). The maximum absolute atomic E-state index is 13.4. The summed E-state index contributed by atoms with van der Waals surface area (Å²) in [7, 11) is 0. The van der Waals surface area contributed by atoms with E-state index >= 15 is 0 Å². The van der Waals surface area contributed by atoms with E-state index in [1.165, 1.54) is 12.1 Å². The van der Waals surface area contributed by atoms with Gasteiger partial charge in [0.05, 0.1) is 17.4 Å². The van der Waals surface area contributed by atoms with Gasteiger partial charge in [-0.25, -0.2) is 19.3 Å². The van der Waals surface area contributed by atoms with Crippen LogP contribution < -0.4 is 5.32 Å². The number of anilines is 1. The standard InChI is InChI=1S/C27H20FN7O/c1-2-23(36)33-19-9-16(11-29-13-19)17-10-21-22(14-32-25(21)31-12-17)26-34-24-20(7-8-30-27(24)35-26)15-3-5-18(28)6-4-15/h3-14H,2H2,1H3,(H,31,32)(H,33,36)(H,30,34,35). The van der Waals surface area contributed by atoms with Crippen LogP contribution in [-0.2, 0) is 4.79 Å². The van der Waals surface area contributed by atoms with E-state index in [0.29, 0.717) is 29.2 Å². The number of hydrogen-bond acceptors (Lipinski definition) is 5. The molecule has 9 heteroatoms. The van der Waals surface area contributed by atoms with Gasteiger partial charge in [-0.3, -0.25) is 9.78 Å². The fraction of sp³-hybridized carbons (Fsp3) is 0.0741. The number of aromatic amines is 2. The van der Waals surface area contributed by atoms with Crippen LogP contribution in [0.4, 0.5) is 10.1 Å². The van der Waals surface area contributed by atoms with Gasteiger partial charge in [0.1, 0.15) is 17.3 Å². The number of rotatable bonds is 5. The number of pyridine rings is 3. The highest BCUT2D eigenvalue weighted by Crippen LogP contribution is 2.33. The molecule has 6 aromatic rings. The summed E-state index contributed by atoms with van der Waals surface area (Å²) < 4.78 is 13.4. The second-order valence-electron chi connectivity index (χ2n) is 8.34. The maximum atomic E-state index is 13.4. The Labute approximate surface area is 204 Å². The topological polar surface area (TPSA) is 112 Å². The first kappa shape index (κ1) is 21.6. The summed E-state index contributed by atoms with van der Waals surface area (Å²) in [4.78, 5) is 36.4. The number of nitrogens with zero attached hydrogens (tertiary/aromatic N) is 4. The zero-order chi connectivity index (χ0) is 24.6. The molecule has 0 saturated heterocycles. The fourth-order valence-electron chi connectivity index (χ4n) is 4.18. The third-order valence-electron chi connectivity index (χ3n) is 6.01. The molecular weight excluding hydrogens is 457 g/mol. The van der Waals surface area contributed by atoms with E-state index in [1.54, 1.807) is 43.8 Å². The molecule has 176 valence electrons. The largest absolute Gasteiger partial charge is 0.345 e. The molecule has 0 radical (unpaired) electrons. The number of nitrogens with one attached hydrogen (secondary N) is 3. The van der Waals surface area contributed by atoms with E-state index in [0.717, 1.165) is 38.7 Å². The van der Waals surface area contributed by atoms with Crippen LogP contribution in [0.5, 0.6) is 0 Å². The van der Waals surface area contributed by atoms with E-state index < -0.39 is 0 Å². The smallest absolute Gasteiger partial charge is 0.224 e. The number of H-pyrrole nitrogens is 2. The number of halogens is 1. The normalized spacial score (nSPS) is 11.3. The number of fused-ring (bicyclic) bond motifs is 2. The van der Waals surface area contributed by atoms with Gasteiger partial charge in [0.2, 0.25) is 5.91 Å². The molecule has 0 aliphatic carbocycles. The second-order valence-corrected chi connectivity index (χ2v) is 8.34. The number of carbonyl (C=O) groups excluding carboxylic acids is 1. The molecule has 8 nitrogen and oxygen atoms in total. The van der Waals surface area contributed by atoms with Crippen molar-refractivity contribution in [2.45, 2.75) is 13.3 Å². The molecule has 3 N–H and O–H groups in total. The number of carbonyl (C=O) groups is 1. The lowest BCUT2D eigenvalue weighted by atomic mass is 10.1. The van der Waals surface area contributed by atoms with Crippen molar-refractivity contribution in [3.8, 4) is 33.6 Å². The number of amides is 1. The summed E-state index contributed by atoms with van der Waals surface area (Å²) in [5.41, 5.74) is 6.94. The lowest BCUT2D eigenvalue weighted by Gasteiger charge is -2.06. The Morgan fingerprint density at radius 2 is 1.81 bits per heavy atom. The lowest BCUT2D eigenvalue weighted by molar-refractivity contribution is -0.115. The van der Waals surface area contributed by atoms with E-state index in [-0.39, 0.29) is 11.7 Å². The van der Waals surface area contributed by atoms with Crippen LogP contribution in [0.2, 0.25) is 0 Å². The molecule has 5 aromatic heterocycles. The minimum atomic E-state index is -0.287. The third-order valence-corrected chi connectivity index (χ3v) is 6.01. The van der Waals surface area contributed by atoms with Gasteiger partial charge in [-0.05, 0) is 35.9 Å². The monoisotopic (exact) mass is 477 g/mol. The Morgan fingerprint density at radius 3 is 2.64 bits per heavy atom. The van der Waals surface area contributed by atoms with E-state index in [9.17, 15) is 9.18 Å². The maximum Gasteiger partial charge on any atom is 0.224 e. The van der Waals surface area contributed by atoms with Crippen molar-refractivity contribution in [2.75, 3.05) is 5.32 Å². The molecule has 0 bridgehead atoms. The van der Waals surface area contributed by atoms with Gasteiger partial charge in [-0.15, -0.1) is 0 Å². The van der Waals surface area contributed by atoms with Gasteiger partial charge in [0.15, 0.2) is 5.65 Å². The van der Waals surface area contributed by atoms with Crippen LogP contribution in [0.15, 0.2) is 73.4 Å². The van der Waals surface area contributed by atoms with Crippen molar-refractivity contribution in [3.05, 3.63) is 79.3 Å². The summed E-state index contributed by atoms with van der Waals surface area (Å²) in [5.74, 6) is 0.276. The van der Waals surface area contributed by atoms with Gasteiger partial charge < -0.3 is 15.3 Å². The minimum absolute atomic E-state index is 0.0750. The Kier molecular flexibility index (Phi) is 5.22. The number of hydrogen-bond donors (Lipinski definition) is 3. The molecule has 0 saturated carbocycles. The predicted octanol–water partition coefficient (Wildman–Crippen LogP) is 5.72. The summed E-state index contributed by atoms with van der Waals surface area (Å²) >= 11 is 0. The summed E-state index contributed by atoms with van der Waals surface area (Å²) in [5, 5.41) is 3.71. The summed E-state index contributed by atoms with van der Waals surface area (Å²) in [6.45, 7) is 1.80. The molecule has 0 spiro atoms. The zero-order valence-electron chi connectivity index (χ0n) is 19.2. The SMILES string of the molecule is CCC(=O)Nc1cncc(-c2cnc3[nH]cc(-c4nc5nccc(-c6ccc(F)cc6)c5[nH]4)c3c2)c1. The summed E-state index contributed by atoms with van der Waals surface area (Å²) in [6, 6.07) is 12.1. The fourth-order valence-corrected chi connectivity index (χ4v) is 4.18. The number of aromatic nitrogens is 6. The van der Waals surface area contributed by atoms with Crippen LogP contribution in [0.25, 0.3) is 55.8 Å². The van der Waals surface area contributed by atoms with Gasteiger partial charge in [0, 0.05) is 58.8 Å². The van der Waals surface area contributed by atoms with Gasteiger partial charge in [-0.1, -0.05) is 19.1 Å². The number of imidazole rings is 1. The quantitative estimate of drug-likeness (QED) is 0.294. The number of benzene rings is 1. The first-order chi connectivity index (χ1) is 17.6. The van der Waals surface area contributed by atoms with Crippen LogP contribution in [0, 0.1) is 5.82 Å². The third kappa shape index (κ3) is 3.86. The first-order valence-corrected chi connectivity index (χ1v) is 11.4. The molecule has 0 atom stereocenters. The molecular formula is C27H20FN7O. The van der Waals surface area contributed by atoms with Gasteiger partial charge in [-0.2, -0.15) is 0 Å². The molecule has 36 heavy (non-hydrogen) atoms. The van der Waals surface area contributed by atoms with E-state index in [2.05, 4.69) is 30.2 Å². The van der Waals surface area contributed by atoms with Gasteiger partial charge in [0.25, 0.3) is 0 Å². The second kappa shape index (κ2) is 8.70. The van der Waals surface area contributed by atoms with E-state index in [1.807, 2.05) is 24.4 Å². The minimum Gasteiger partial charge on any atom is -0.345 e. The first-order valence-electron chi connectivity index (χ1n) is 11.4.